The van der Waals surface area contributed by atoms with E-state index in [9.17, 15) is 4.79 Å². The van der Waals surface area contributed by atoms with Crippen molar-refractivity contribution in [3.63, 3.8) is 0 Å². The van der Waals surface area contributed by atoms with Gasteiger partial charge in [0.05, 0.1) is 6.33 Å². The lowest BCUT2D eigenvalue weighted by Gasteiger charge is -2.15. The van der Waals surface area contributed by atoms with Gasteiger partial charge in [-0.05, 0) is 35.8 Å². The predicted molar refractivity (Wildman–Crippen MR) is 63.7 cm³/mol. The highest BCUT2D eigenvalue weighted by molar-refractivity contribution is 9.10. The fraction of sp³-hybridized carbons (Fsp3) is 0.600. The van der Waals surface area contributed by atoms with Crippen LogP contribution in [-0.4, -0.2) is 41.1 Å². The highest BCUT2D eigenvalue weighted by Crippen LogP contribution is 2.25. The molecule has 1 aliphatic carbocycles. The summed E-state index contributed by atoms with van der Waals surface area (Å²) in [6.45, 7) is 1.40. The van der Waals surface area contributed by atoms with Gasteiger partial charge in [0.2, 0.25) is 5.88 Å². The van der Waals surface area contributed by atoms with Crippen molar-refractivity contribution in [2.24, 2.45) is 0 Å². The van der Waals surface area contributed by atoms with Gasteiger partial charge < -0.3 is 14.6 Å². The summed E-state index contributed by atoms with van der Waals surface area (Å²) in [5.74, 6) is 0.355. The van der Waals surface area contributed by atoms with Crippen LogP contribution in [0.25, 0.3) is 0 Å². The van der Waals surface area contributed by atoms with Gasteiger partial charge in [0, 0.05) is 12.6 Å². The molecule has 0 aliphatic heterocycles. The Hall–Kier alpha value is -0.880. The molecule has 1 aliphatic rings. The highest BCUT2D eigenvalue weighted by atomic mass is 79.9. The molecule has 0 aromatic carbocycles. The van der Waals surface area contributed by atoms with Crippen LogP contribution in [0.5, 0.6) is 5.88 Å². The second-order valence-corrected chi connectivity index (χ2v) is 4.70. The predicted octanol–water partition coefficient (Wildman–Crippen LogP) is 1.01. The van der Waals surface area contributed by atoms with Crippen LogP contribution < -0.4 is 10.3 Å². The minimum atomic E-state index is -0.222. The number of hydrogen-bond acceptors (Lipinski definition) is 4. The Labute approximate surface area is 102 Å². The summed E-state index contributed by atoms with van der Waals surface area (Å²) in [4.78, 5) is 19.9. The van der Waals surface area contributed by atoms with Crippen LogP contribution >= 0.6 is 15.9 Å². The van der Waals surface area contributed by atoms with Gasteiger partial charge in [-0.1, -0.05) is 0 Å². The summed E-state index contributed by atoms with van der Waals surface area (Å²) in [5, 5.41) is 0. The molecular weight excluding hydrogens is 274 g/mol. The van der Waals surface area contributed by atoms with E-state index in [1.165, 1.54) is 19.2 Å². The summed E-state index contributed by atoms with van der Waals surface area (Å²) < 4.78 is 5.80. The van der Waals surface area contributed by atoms with Crippen molar-refractivity contribution in [1.82, 2.24) is 14.9 Å². The van der Waals surface area contributed by atoms with Crippen molar-refractivity contribution < 1.29 is 4.74 Å². The Morgan fingerprint density at radius 1 is 1.69 bits per heavy atom. The highest BCUT2D eigenvalue weighted by Gasteiger charge is 2.25. The molecule has 0 bridgehead atoms. The number of aromatic nitrogens is 2. The lowest BCUT2D eigenvalue weighted by molar-refractivity contribution is 0.225. The Bertz CT molecular complexity index is 417. The molecule has 0 spiro atoms. The van der Waals surface area contributed by atoms with Crippen LogP contribution in [0.1, 0.15) is 12.8 Å². The zero-order valence-corrected chi connectivity index (χ0v) is 10.7. The van der Waals surface area contributed by atoms with Gasteiger partial charge in [-0.25, -0.2) is 4.98 Å². The zero-order chi connectivity index (χ0) is 11.5. The summed E-state index contributed by atoms with van der Waals surface area (Å²) in [6.07, 6.45) is 3.90. The minimum Gasteiger partial charge on any atom is -0.475 e. The molecule has 88 valence electrons. The van der Waals surface area contributed by atoms with Gasteiger partial charge in [-0.2, -0.15) is 0 Å². The van der Waals surface area contributed by atoms with Gasteiger partial charge in [-0.3, -0.25) is 4.79 Å². The molecule has 0 amide bonds. The van der Waals surface area contributed by atoms with Gasteiger partial charge >= 0.3 is 0 Å². The molecule has 1 saturated carbocycles. The maximum absolute atomic E-state index is 11.2. The van der Waals surface area contributed by atoms with Crippen LogP contribution in [-0.2, 0) is 0 Å². The molecule has 0 unspecified atom stereocenters. The lowest BCUT2D eigenvalue weighted by atomic mass is 10.5. The first-order valence-corrected chi connectivity index (χ1v) is 6.04. The Kier molecular flexibility index (Phi) is 3.60. The number of nitrogens with zero attached hydrogens (tertiary/aromatic N) is 2. The Balaban J connectivity index is 1.84. The minimum absolute atomic E-state index is 0.222. The normalized spacial score (nSPS) is 15.4. The molecule has 6 heteroatoms. The van der Waals surface area contributed by atoms with Crippen LogP contribution in [0.2, 0.25) is 0 Å². The smallest absolute Gasteiger partial charge is 0.268 e. The number of rotatable bonds is 5. The van der Waals surface area contributed by atoms with Crippen molar-refractivity contribution in [3.8, 4) is 5.88 Å². The number of halogens is 1. The maximum Gasteiger partial charge on any atom is 0.268 e. The van der Waals surface area contributed by atoms with E-state index in [4.69, 9.17) is 4.74 Å². The Morgan fingerprint density at radius 2 is 2.44 bits per heavy atom. The SMILES string of the molecule is CN(CCOc1nc[nH]c(=O)c1Br)C1CC1. The maximum atomic E-state index is 11.2. The Morgan fingerprint density at radius 3 is 3.12 bits per heavy atom. The molecule has 0 atom stereocenters. The van der Waals surface area contributed by atoms with E-state index in [2.05, 4.69) is 37.8 Å². The van der Waals surface area contributed by atoms with E-state index < -0.39 is 0 Å². The van der Waals surface area contributed by atoms with Crippen molar-refractivity contribution >= 4 is 15.9 Å². The van der Waals surface area contributed by atoms with Crippen molar-refractivity contribution in [2.45, 2.75) is 18.9 Å². The third-order valence-electron chi connectivity index (χ3n) is 2.62. The molecule has 1 fully saturated rings. The quantitative estimate of drug-likeness (QED) is 0.878. The molecule has 0 saturated heterocycles. The average molecular weight is 288 g/mol. The number of hydrogen-bond donors (Lipinski definition) is 1. The van der Waals surface area contributed by atoms with Gasteiger partial charge in [0.1, 0.15) is 11.1 Å². The van der Waals surface area contributed by atoms with Crippen LogP contribution in [0.4, 0.5) is 0 Å². The second-order valence-electron chi connectivity index (χ2n) is 3.91. The molecule has 1 aromatic rings. The molecule has 0 radical (unpaired) electrons. The monoisotopic (exact) mass is 287 g/mol. The second kappa shape index (κ2) is 4.97. The molecular formula is C10H14BrN3O2. The van der Waals surface area contributed by atoms with E-state index in [0.29, 0.717) is 17.0 Å². The molecule has 1 heterocycles. The number of nitrogens with one attached hydrogen (secondary N) is 1. The van der Waals surface area contributed by atoms with E-state index in [1.54, 1.807) is 0 Å². The molecule has 1 N–H and O–H groups in total. The van der Waals surface area contributed by atoms with E-state index in [0.717, 1.165) is 12.6 Å². The van der Waals surface area contributed by atoms with E-state index in [-0.39, 0.29) is 5.56 Å². The fourth-order valence-electron chi connectivity index (χ4n) is 1.45. The first-order chi connectivity index (χ1) is 7.68. The number of likely N-dealkylation sites (N-methyl/N-ethyl adjacent to an activating group) is 1. The van der Waals surface area contributed by atoms with Gasteiger partial charge in [0.15, 0.2) is 0 Å². The third-order valence-corrected chi connectivity index (χ3v) is 3.32. The van der Waals surface area contributed by atoms with Crippen LogP contribution in [0.15, 0.2) is 15.6 Å². The topological polar surface area (TPSA) is 58.2 Å². The van der Waals surface area contributed by atoms with Crippen molar-refractivity contribution in [2.75, 3.05) is 20.2 Å². The van der Waals surface area contributed by atoms with E-state index >= 15 is 0 Å². The summed E-state index contributed by atoms with van der Waals surface area (Å²) in [6, 6.07) is 0.721. The summed E-state index contributed by atoms with van der Waals surface area (Å²) in [5.41, 5.74) is -0.222. The average Bonchev–Trinajstić information content (AvgIpc) is 3.07. The summed E-state index contributed by atoms with van der Waals surface area (Å²) in [7, 11) is 2.08. The van der Waals surface area contributed by atoms with E-state index in [1.807, 2.05) is 0 Å². The van der Waals surface area contributed by atoms with Gasteiger partial charge in [-0.15, -0.1) is 0 Å². The van der Waals surface area contributed by atoms with Crippen molar-refractivity contribution in [3.05, 3.63) is 21.2 Å². The largest absolute Gasteiger partial charge is 0.475 e. The fourth-order valence-corrected chi connectivity index (χ4v) is 1.78. The van der Waals surface area contributed by atoms with Crippen molar-refractivity contribution in [1.29, 1.82) is 0 Å². The van der Waals surface area contributed by atoms with Crippen LogP contribution in [0, 0.1) is 0 Å². The first-order valence-electron chi connectivity index (χ1n) is 5.24. The number of ether oxygens (including phenoxy) is 1. The molecule has 5 nitrogen and oxygen atoms in total. The lowest BCUT2D eigenvalue weighted by Crippen LogP contribution is -2.26. The summed E-state index contributed by atoms with van der Waals surface area (Å²) >= 11 is 3.14. The van der Waals surface area contributed by atoms with Gasteiger partial charge in [0.25, 0.3) is 5.56 Å². The molecule has 16 heavy (non-hydrogen) atoms. The van der Waals surface area contributed by atoms with Crippen LogP contribution in [0.3, 0.4) is 0 Å². The number of H-pyrrole nitrogens is 1. The number of aromatic amines is 1. The molecule has 2 rings (SSSR count). The standard InChI is InChI=1S/C10H14BrN3O2/c1-14(7-2-3-7)4-5-16-10-8(11)9(15)12-6-13-10/h6-7H,2-5H2,1H3,(H,12,13,15). The molecule has 1 aromatic heterocycles. The zero-order valence-electron chi connectivity index (χ0n) is 9.07. The third kappa shape index (κ3) is 2.82. The first kappa shape index (κ1) is 11.6.